The number of fused-ring (bicyclic) bond motifs is 1. The first-order valence-corrected chi connectivity index (χ1v) is 8.08. The number of benzene rings is 2. The smallest absolute Gasteiger partial charge is 0.307 e. The summed E-state index contributed by atoms with van der Waals surface area (Å²) in [6, 6.07) is 10.2. The normalized spacial score (nSPS) is 11.0. The van der Waals surface area contributed by atoms with Gasteiger partial charge in [-0.25, -0.2) is 4.39 Å². The number of hydrogen-bond donors (Lipinski definition) is 1. The van der Waals surface area contributed by atoms with Gasteiger partial charge in [0.25, 0.3) is 5.56 Å². The number of carboxylic acid groups (broad SMARTS) is 1. The number of aromatic nitrogens is 1. The first kappa shape index (κ1) is 17.5. The van der Waals surface area contributed by atoms with Gasteiger partial charge in [0.15, 0.2) is 0 Å². The third-order valence-corrected chi connectivity index (χ3v) is 4.56. The van der Waals surface area contributed by atoms with Crippen LogP contribution in [0.3, 0.4) is 0 Å². The average molecular weight is 380 g/mol. The van der Waals surface area contributed by atoms with Crippen LogP contribution < -0.4 is 5.56 Å². The highest BCUT2D eigenvalue weighted by molar-refractivity contribution is 6.42. The van der Waals surface area contributed by atoms with Gasteiger partial charge in [-0.2, -0.15) is 0 Å². The minimum atomic E-state index is -1.09. The maximum Gasteiger partial charge on any atom is 0.307 e. The van der Waals surface area contributed by atoms with E-state index in [9.17, 15) is 14.0 Å². The van der Waals surface area contributed by atoms with Crippen molar-refractivity contribution in [2.24, 2.45) is 0 Å². The Bertz CT molecular complexity index is 1050. The molecule has 0 radical (unpaired) electrons. The van der Waals surface area contributed by atoms with Crippen molar-refractivity contribution in [1.82, 2.24) is 4.57 Å². The molecule has 1 aromatic heterocycles. The van der Waals surface area contributed by atoms with E-state index in [1.807, 2.05) is 0 Å². The highest BCUT2D eigenvalue weighted by atomic mass is 35.5. The molecule has 0 aliphatic heterocycles. The Morgan fingerprint density at radius 2 is 1.84 bits per heavy atom. The Balaban J connectivity index is 2.18. The zero-order valence-corrected chi connectivity index (χ0v) is 14.3. The van der Waals surface area contributed by atoms with Crippen molar-refractivity contribution >= 4 is 40.1 Å². The molecule has 1 heterocycles. The molecule has 0 atom stereocenters. The van der Waals surface area contributed by atoms with Crippen molar-refractivity contribution in [1.29, 1.82) is 0 Å². The van der Waals surface area contributed by atoms with Crippen LogP contribution in [0.4, 0.5) is 4.39 Å². The second kappa shape index (κ2) is 6.86. The molecule has 0 aliphatic carbocycles. The van der Waals surface area contributed by atoms with Crippen LogP contribution in [0.2, 0.25) is 10.0 Å². The third-order valence-electron chi connectivity index (χ3n) is 3.83. The van der Waals surface area contributed by atoms with Gasteiger partial charge in [0.2, 0.25) is 0 Å². The Kier molecular flexibility index (Phi) is 4.79. The summed E-state index contributed by atoms with van der Waals surface area (Å²) in [6.45, 7) is 0.200. The lowest BCUT2D eigenvalue weighted by Gasteiger charge is -2.13. The van der Waals surface area contributed by atoms with E-state index in [-0.39, 0.29) is 24.1 Å². The molecule has 3 rings (SSSR count). The lowest BCUT2D eigenvalue weighted by molar-refractivity contribution is -0.136. The molecule has 0 spiro atoms. The fraction of sp³-hybridized carbons (Fsp3) is 0.111. The fourth-order valence-electron chi connectivity index (χ4n) is 2.72. The molecule has 0 unspecified atom stereocenters. The molecule has 128 valence electrons. The maximum atomic E-state index is 13.6. The molecule has 3 aromatic rings. The molecule has 0 fully saturated rings. The Morgan fingerprint density at radius 3 is 2.52 bits per heavy atom. The number of nitrogens with zero attached hydrogens (tertiary/aromatic N) is 1. The highest BCUT2D eigenvalue weighted by Gasteiger charge is 2.13. The van der Waals surface area contributed by atoms with Crippen LogP contribution in [-0.2, 0) is 17.8 Å². The van der Waals surface area contributed by atoms with E-state index >= 15 is 0 Å². The van der Waals surface area contributed by atoms with E-state index in [0.717, 1.165) is 5.56 Å². The SMILES string of the molecule is O=C(O)Cc1cc(=O)n(Cc2ccc(Cl)c(Cl)c2)c2ccc(F)cc12. The number of hydrogen-bond acceptors (Lipinski definition) is 2. The van der Waals surface area contributed by atoms with Gasteiger partial charge in [-0.05, 0) is 41.5 Å². The van der Waals surface area contributed by atoms with Crippen molar-refractivity contribution in [3.05, 3.63) is 79.8 Å². The Morgan fingerprint density at radius 1 is 1.08 bits per heavy atom. The second-order valence-electron chi connectivity index (χ2n) is 5.57. The van der Waals surface area contributed by atoms with E-state index in [2.05, 4.69) is 0 Å². The molecule has 0 saturated carbocycles. The van der Waals surface area contributed by atoms with Gasteiger partial charge < -0.3 is 9.67 Å². The first-order chi connectivity index (χ1) is 11.8. The van der Waals surface area contributed by atoms with Gasteiger partial charge in [-0.3, -0.25) is 9.59 Å². The van der Waals surface area contributed by atoms with Gasteiger partial charge in [0.1, 0.15) is 5.82 Å². The molecule has 0 saturated heterocycles. The molecule has 0 aliphatic rings. The van der Waals surface area contributed by atoms with Crippen LogP contribution in [0.25, 0.3) is 10.9 Å². The fourth-order valence-corrected chi connectivity index (χ4v) is 3.04. The number of aliphatic carboxylic acids is 1. The monoisotopic (exact) mass is 379 g/mol. The van der Waals surface area contributed by atoms with E-state index in [1.165, 1.54) is 28.8 Å². The predicted octanol–water partition coefficient (Wildman–Crippen LogP) is 4.12. The van der Waals surface area contributed by atoms with E-state index in [1.54, 1.807) is 18.2 Å². The number of carboxylic acids is 1. The average Bonchev–Trinajstić information content (AvgIpc) is 2.54. The lowest BCUT2D eigenvalue weighted by Crippen LogP contribution is -2.22. The topological polar surface area (TPSA) is 59.3 Å². The van der Waals surface area contributed by atoms with Crippen LogP contribution >= 0.6 is 23.2 Å². The number of halogens is 3. The standard InChI is InChI=1S/C18H12Cl2FNO3/c19-14-3-1-10(5-15(14)20)9-22-16-4-2-12(21)8-13(16)11(6-17(22)23)7-18(24)25/h1-6,8H,7,9H2,(H,24,25). The summed E-state index contributed by atoms with van der Waals surface area (Å²) in [6.07, 6.45) is -0.358. The third kappa shape index (κ3) is 3.67. The van der Waals surface area contributed by atoms with Gasteiger partial charge in [-0.1, -0.05) is 29.3 Å². The van der Waals surface area contributed by atoms with Crippen molar-refractivity contribution in [3.63, 3.8) is 0 Å². The molecule has 25 heavy (non-hydrogen) atoms. The van der Waals surface area contributed by atoms with Crippen molar-refractivity contribution in [2.75, 3.05) is 0 Å². The second-order valence-corrected chi connectivity index (χ2v) is 6.39. The summed E-state index contributed by atoms with van der Waals surface area (Å²) in [5.74, 6) is -1.59. The van der Waals surface area contributed by atoms with Crippen molar-refractivity contribution in [2.45, 2.75) is 13.0 Å². The minimum absolute atomic E-state index is 0.200. The van der Waals surface area contributed by atoms with E-state index in [4.69, 9.17) is 28.3 Å². The van der Waals surface area contributed by atoms with Crippen LogP contribution in [0.15, 0.2) is 47.3 Å². The van der Waals surface area contributed by atoms with Crippen LogP contribution in [0.1, 0.15) is 11.1 Å². The first-order valence-electron chi connectivity index (χ1n) is 7.33. The summed E-state index contributed by atoms with van der Waals surface area (Å²) in [4.78, 5) is 23.5. The number of carbonyl (C=O) groups is 1. The number of rotatable bonds is 4. The zero-order chi connectivity index (χ0) is 18.1. The Hall–Kier alpha value is -2.37. The largest absolute Gasteiger partial charge is 0.481 e. The number of pyridine rings is 1. The molecular weight excluding hydrogens is 368 g/mol. The van der Waals surface area contributed by atoms with Gasteiger partial charge in [0, 0.05) is 11.5 Å². The molecule has 0 amide bonds. The van der Waals surface area contributed by atoms with Crippen LogP contribution in [0.5, 0.6) is 0 Å². The van der Waals surface area contributed by atoms with Crippen molar-refractivity contribution in [3.8, 4) is 0 Å². The maximum absolute atomic E-state index is 13.6. The molecule has 4 nitrogen and oxygen atoms in total. The van der Waals surface area contributed by atoms with Gasteiger partial charge in [0.05, 0.1) is 28.5 Å². The molecule has 0 bridgehead atoms. The van der Waals surface area contributed by atoms with Crippen molar-refractivity contribution < 1.29 is 14.3 Å². The zero-order valence-electron chi connectivity index (χ0n) is 12.8. The van der Waals surface area contributed by atoms with E-state index in [0.29, 0.717) is 20.9 Å². The molecule has 7 heteroatoms. The van der Waals surface area contributed by atoms with Crippen LogP contribution in [0, 0.1) is 5.82 Å². The van der Waals surface area contributed by atoms with Crippen LogP contribution in [-0.4, -0.2) is 15.6 Å². The molecular formula is C18H12Cl2FNO3. The summed E-state index contributed by atoms with van der Waals surface area (Å²) in [5, 5.41) is 10.2. The minimum Gasteiger partial charge on any atom is -0.481 e. The van der Waals surface area contributed by atoms with E-state index < -0.39 is 11.8 Å². The molecule has 1 N–H and O–H groups in total. The van der Waals surface area contributed by atoms with Gasteiger partial charge >= 0.3 is 5.97 Å². The summed E-state index contributed by atoms with van der Waals surface area (Å²) in [5.41, 5.74) is 1.10. The lowest BCUT2D eigenvalue weighted by atomic mass is 10.1. The Labute approximate surface area is 152 Å². The van der Waals surface area contributed by atoms with Gasteiger partial charge in [-0.15, -0.1) is 0 Å². The highest BCUT2D eigenvalue weighted by Crippen LogP contribution is 2.24. The quantitative estimate of drug-likeness (QED) is 0.741. The summed E-state index contributed by atoms with van der Waals surface area (Å²) < 4.78 is 15.1. The predicted molar refractivity (Wildman–Crippen MR) is 95.1 cm³/mol. The molecule has 2 aromatic carbocycles. The summed E-state index contributed by atoms with van der Waals surface area (Å²) >= 11 is 11.9. The summed E-state index contributed by atoms with van der Waals surface area (Å²) in [7, 11) is 0.